The molecule has 0 radical (unpaired) electrons. The van der Waals surface area contributed by atoms with E-state index in [2.05, 4.69) is 10.4 Å². The van der Waals surface area contributed by atoms with Gasteiger partial charge in [-0.1, -0.05) is 29.3 Å². The molecule has 0 aliphatic rings. The summed E-state index contributed by atoms with van der Waals surface area (Å²) in [6, 6.07) is 8.96. The van der Waals surface area contributed by atoms with Crippen LogP contribution in [0.5, 0.6) is 5.75 Å². The van der Waals surface area contributed by atoms with Gasteiger partial charge in [-0.3, -0.25) is 0 Å². The largest absolute Gasteiger partial charge is 0.486 e. The van der Waals surface area contributed by atoms with Gasteiger partial charge in [-0.15, -0.1) is 0 Å². The molecule has 0 saturated heterocycles. The van der Waals surface area contributed by atoms with E-state index >= 15 is 0 Å². The number of halogens is 2. The minimum Gasteiger partial charge on any atom is -0.486 e. The quantitative estimate of drug-likeness (QED) is 0.669. The predicted molar refractivity (Wildman–Crippen MR) is 77.6 cm³/mol. The second kappa shape index (κ2) is 6.10. The van der Waals surface area contributed by atoms with Gasteiger partial charge in [-0.05, 0) is 36.8 Å². The first kappa shape index (κ1) is 13.9. The van der Waals surface area contributed by atoms with Crippen molar-refractivity contribution in [1.29, 1.82) is 0 Å². The highest BCUT2D eigenvalue weighted by molar-refractivity contribution is 6.32. The molecule has 0 fully saturated rings. The third-order valence-electron chi connectivity index (χ3n) is 2.52. The van der Waals surface area contributed by atoms with E-state index in [9.17, 15) is 0 Å². The number of benzene rings is 1. The maximum atomic E-state index is 6.05. The molecule has 19 heavy (non-hydrogen) atoms. The maximum Gasteiger partial charge on any atom is 0.140 e. The summed E-state index contributed by atoms with van der Waals surface area (Å²) >= 11 is 12.1. The number of ether oxygens (including phenoxy) is 1. The molecule has 0 atom stereocenters. The molecule has 0 saturated carbocycles. The zero-order chi connectivity index (χ0) is 13.8. The van der Waals surface area contributed by atoms with Crippen molar-refractivity contribution in [2.75, 3.05) is 5.43 Å². The Kier molecular flexibility index (Phi) is 4.47. The number of hydrogen-bond donors (Lipinski definition) is 2. The van der Waals surface area contributed by atoms with Crippen LogP contribution in [0.15, 0.2) is 30.3 Å². The molecule has 100 valence electrons. The Morgan fingerprint density at radius 3 is 2.68 bits per heavy atom. The molecular formula is C13H13Cl2N3O. The molecule has 3 N–H and O–H groups in total. The van der Waals surface area contributed by atoms with Gasteiger partial charge < -0.3 is 10.2 Å². The molecule has 1 aromatic heterocycles. The minimum absolute atomic E-state index is 0.220. The van der Waals surface area contributed by atoms with Crippen molar-refractivity contribution in [3.63, 3.8) is 0 Å². The van der Waals surface area contributed by atoms with E-state index in [4.69, 9.17) is 33.8 Å². The summed E-state index contributed by atoms with van der Waals surface area (Å²) in [4.78, 5) is 4.22. The van der Waals surface area contributed by atoms with Crippen LogP contribution in [0.25, 0.3) is 0 Å². The van der Waals surface area contributed by atoms with Crippen molar-refractivity contribution >= 4 is 29.0 Å². The normalized spacial score (nSPS) is 10.3. The van der Waals surface area contributed by atoms with Crippen molar-refractivity contribution in [2.45, 2.75) is 13.5 Å². The molecule has 0 unspecified atom stereocenters. The first-order chi connectivity index (χ1) is 9.10. The molecule has 0 aliphatic carbocycles. The van der Waals surface area contributed by atoms with Crippen molar-refractivity contribution in [3.8, 4) is 5.75 Å². The molecule has 6 heteroatoms. The Morgan fingerprint density at radius 1 is 1.21 bits per heavy atom. The van der Waals surface area contributed by atoms with Crippen molar-refractivity contribution in [2.24, 2.45) is 5.84 Å². The molecule has 2 rings (SSSR count). The zero-order valence-electron chi connectivity index (χ0n) is 10.3. The summed E-state index contributed by atoms with van der Waals surface area (Å²) in [5.41, 5.74) is 4.12. The number of hydrogen-bond acceptors (Lipinski definition) is 4. The van der Waals surface area contributed by atoms with Gasteiger partial charge in [0.25, 0.3) is 0 Å². The average molecular weight is 298 g/mol. The van der Waals surface area contributed by atoms with Crippen LogP contribution in [0.1, 0.15) is 11.3 Å². The highest BCUT2D eigenvalue weighted by Crippen LogP contribution is 2.27. The number of hydrazine groups is 1. The lowest BCUT2D eigenvalue weighted by molar-refractivity contribution is 0.301. The van der Waals surface area contributed by atoms with Crippen LogP contribution in [0, 0.1) is 6.92 Å². The SMILES string of the molecule is Cc1ccc(Cl)c(OCc2nc(NN)ccc2Cl)c1. The fourth-order valence-electron chi connectivity index (χ4n) is 1.53. The lowest BCUT2D eigenvalue weighted by atomic mass is 10.2. The smallest absolute Gasteiger partial charge is 0.140 e. The molecule has 0 amide bonds. The van der Waals surface area contributed by atoms with Gasteiger partial charge in [0.05, 0.1) is 15.7 Å². The Hall–Kier alpha value is -1.49. The van der Waals surface area contributed by atoms with Gasteiger partial charge in [-0.2, -0.15) is 0 Å². The Morgan fingerprint density at radius 2 is 1.95 bits per heavy atom. The maximum absolute atomic E-state index is 6.05. The summed E-state index contributed by atoms with van der Waals surface area (Å²) < 4.78 is 5.64. The second-order valence-corrected chi connectivity index (χ2v) is 4.81. The average Bonchev–Trinajstić information content (AvgIpc) is 2.41. The Bertz CT molecular complexity index is 590. The molecule has 1 aromatic carbocycles. The van der Waals surface area contributed by atoms with E-state index in [1.165, 1.54) is 0 Å². The van der Waals surface area contributed by atoms with Gasteiger partial charge in [0, 0.05) is 0 Å². The van der Waals surface area contributed by atoms with E-state index in [1.807, 2.05) is 19.1 Å². The highest BCUT2D eigenvalue weighted by Gasteiger charge is 2.07. The number of nitrogens with zero attached hydrogens (tertiary/aromatic N) is 1. The van der Waals surface area contributed by atoms with E-state index in [0.717, 1.165) is 5.56 Å². The first-order valence-corrected chi connectivity index (χ1v) is 6.36. The van der Waals surface area contributed by atoms with Gasteiger partial charge in [0.1, 0.15) is 18.2 Å². The van der Waals surface area contributed by atoms with Crippen LogP contribution in [0.4, 0.5) is 5.82 Å². The minimum atomic E-state index is 0.220. The van der Waals surface area contributed by atoms with Crippen molar-refractivity contribution < 1.29 is 4.74 Å². The van der Waals surface area contributed by atoms with Crippen molar-refractivity contribution in [3.05, 3.63) is 51.6 Å². The fraction of sp³-hybridized carbons (Fsp3) is 0.154. The number of anilines is 1. The van der Waals surface area contributed by atoms with Gasteiger partial charge >= 0.3 is 0 Å². The van der Waals surface area contributed by atoms with Gasteiger partial charge in [0.15, 0.2) is 0 Å². The molecule has 0 spiro atoms. The molecule has 0 bridgehead atoms. The molecule has 0 aliphatic heterocycles. The summed E-state index contributed by atoms with van der Waals surface area (Å²) in [7, 11) is 0. The second-order valence-electron chi connectivity index (χ2n) is 3.99. The lowest BCUT2D eigenvalue weighted by Crippen LogP contribution is -2.10. The van der Waals surface area contributed by atoms with Crippen LogP contribution in [-0.2, 0) is 6.61 Å². The summed E-state index contributed by atoms with van der Waals surface area (Å²) in [5, 5.41) is 1.07. The fourth-order valence-corrected chi connectivity index (χ4v) is 1.87. The summed E-state index contributed by atoms with van der Waals surface area (Å²) in [6.45, 7) is 2.19. The molecular weight excluding hydrogens is 285 g/mol. The topological polar surface area (TPSA) is 60.2 Å². The van der Waals surface area contributed by atoms with E-state index < -0.39 is 0 Å². The Balaban J connectivity index is 2.16. The molecule has 4 nitrogen and oxygen atoms in total. The monoisotopic (exact) mass is 297 g/mol. The number of nitrogens with two attached hydrogens (primary N) is 1. The lowest BCUT2D eigenvalue weighted by Gasteiger charge is -2.10. The Labute approximate surface area is 121 Å². The number of nitrogen functional groups attached to an aromatic ring is 1. The third-order valence-corrected chi connectivity index (χ3v) is 3.17. The number of aromatic nitrogens is 1. The van der Waals surface area contributed by atoms with Crippen molar-refractivity contribution in [1.82, 2.24) is 4.98 Å². The number of pyridine rings is 1. The van der Waals surface area contributed by atoms with Crippen LogP contribution in [0.2, 0.25) is 10.0 Å². The van der Waals surface area contributed by atoms with Crippen LogP contribution in [-0.4, -0.2) is 4.98 Å². The number of nitrogens with one attached hydrogen (secondary N) is 1. The van der Waals surface area contributed by atoms with Crippen LogP contribution >= 0.6 is 23.2 Å². The molecule has 2 aromatic rings. The van der Waals surface area contributed by atoms with E-state index in [1.54, 1.807) is 18.2 Å². The highest BCUT2D eigenvalue weighted by atomic mass is 35.5. The first-order valence-electron chi connectivity index (χ1n) is 5.61. The van der Waals surface area contributed by atoms with E-state index in [-0.39, 0.29) is 6.61 Å². The third kappa shape index (κ3) is 3.50. The standard InChI is InChI=1S/C13H13Cl2N3O/c1-8-2-3-10(15)12(6-8)19-7-11-9(14)4-5-13(17-11)18-16/h2-6H,7,16H2,1H3,(H,17,18). The van der Waals surface area contributed by atoms with Crippen LogP contribution in [0.3, 0.4) is 0 Å². The summed E-state index contributed by atoms with van der Waals surface area (Å²) in [5.74, 6) is 6.43. The number of aryl methyl sites for hydroxylation is 1. The number of rotatable bonds is 4. The summed E-state index contributed by atoms with van der Waals surface area (Å²) in [6.07, 6.45) is 0. The zero-order valence-corrected chi connectivity index (χ0v) is 11.8. The van der Waals surface area contributed by atoms with Gasteiger partial charge in [0.2, 0.25) is 0 Å². The van der Waals surface area contributed by atoms with Gasteiger partial charge in [-0.25, -0.2) is 10.8 Å². The van der Waals surface area contributed by atoms with Crippen LogP contribution < -0.4 is 16.0 Å². The predicted octanol–water partition coefficient (Wildman–Crippen LogP) is 3.56. The molecule has 1 heterocycles. The van der Waals surface area contributed by atoms with E-state index in [0.29, 0.717) is 27.3 Å².